The van der Waals surface area contributed by atoms with E-state index in [4.69, 9.17) is 9.15 Å². The topological polar surface area (TPSA) is 162 Å². The van der Waals surface area contributed by atoms with Crippen LogP contribution in [0.4, 0.5) is 9.59 Å². The number of aliphatic hydroxyl groups is 1. The van der Waals surface area contributed by atoms with Gasteiger partial charge in [-0.1, -0.05) is 88.4 Å². The van der Waals surface area contributed by atoms with E-state index in [1.165, 1.54) is 22.5 Å². The summed E-state index contributed by atoms with van der Waals surface area (Å²) < 4.78 is 10.9. The summed E-state index contributed by atoms with van der Waals surface area (Å²) in [6.45, 7) is 8.07. The number of urea groups is 1. The molecule has 13 nitrogen and oxygen atoms in total. The SMILES string of the molecule is CC(C)c1nc(CN(C)C(=O)N[C@@H](C(=O)NN(Cc2ccccc2)C[C@H](O)[C@H](Cc2ccccc2)NC(=O)OCc2cncs2)C(C)C)co1. The minimum absolute atomic E-state index is 0.0454. The molecule has 0 aliphatic rings. The van der Waals surface area contributed by atoms with Crippen molar-refractivity contribution in [2.75, 3.05) is 13.6 Å². The summed E-state index contributed by atoms with van der Waals surface area (Å²) in [7, 11) is 1.62. The first-order valence-electron chi connectivity index (χ1n) is 16.6. The lowest BCUT2D eigenvalue weighted by atomic mass is 10.0. The molecule has 0 unspecified atom stereocenters. The van der Waals surface area contributed by atoms with Crippen molar-refractivity contribution in [2.45, 2.75) is 77.9 Å². The third-order valence-electron chi connectivity index (χ3n) is 7.82. The Morgan fingerprint density at radius 2 is 1.64 bits per heavy atom. The van der Waals surface area contributed by atoms with Crippen LogP contribution in [0, 0.1) is 5.92 Å². The highest BCUT2D eigenvalue weighted by Crippen LogP contribution is 2.15. The van der Waals surface area contributed by atoms with Crippen molar-refractivity contribution in [3.05, 3.63) is 106 Å². The van der Waals surface area contributed by atoms with Crippen molar-refractivity contribution in [3.63, 3.8) is 0 Å². The smallest absolute Gasteiger partial charge is 0.407 e. The molecule has 0 radical (unpaired) electrons. The van der Waals surface area contributed by atoms with Crippen molar-refractivity contribution < 1.29 is 28.6 Å². The molecule has 4 aromatic rings. The van der Waals surface area contributed by atoms with Crippen LogP contribution in [-0.2, 0) is 35.6 Å². The van der Waals surface area contributed by atoms with Gasteiger partial charge in [-0.05, 0) is 23.5 Å². The normalized spacial score (nSPS) is 13.1. The van der Waals surface area contributed by atoms with Crippen LogP contribution < -0.4 is 16.1 Å². The number of rotatable bonds is 17. The molecule has 50 heavy (non-hydrogen) atoms. The predicted octanol–water partition coefficient (Wildman–Crippen LogP) is 4.85. The van der Waals surface area contributed by atoms with Gasteiger partial charge in [-0.25, -0.2) is 19.6 Å². The highest BCUT2D eigenvalue weighted by atomic mass is 32.1. The molecule has 0 spiro atoms. The molecular formula is C36H47N7O6S. The number of hydrogen-bond acceptors (Lipinski definition) is 10. The Morgan fingerprint density at radius 3 is 2.24 bits per heavy atom. The second kappa shape index (κ2) is 18.8. The van der Waals surface area contributed by atoms with Crippen LogP contribution in [0.2, 0.25) is 0 Å². The Bertz CT molecular complexity index is 1620. The molecule has 0 bridgehead atoms. The summed E-state index contributed by atoms with van der Waals surface area (Å²) in [5.41, 5.74) is 6.97. The summed E-state index contributed by atoms with van der Waals surface area (Å²) in [4.78, 5) is 50.6. The Balaban J connectivity index is 1.46. The maximum Gasteiger partial charge on any atom is 0.407 e. The molecule has 3 atom stereocenters. The molecule has 4 amide bonds. The number of ether oxygens (including phenoxy) is 1. The molecule has 4 rings (SSSR count). The average molecular weight is 706 g/mol. The Hall–Kier alpha value is -4.79. The summed E-state index contributed by atoms with van der Waals surface area (Å²) in [5.74, 6) is -0.0224. The number of benzene rings is 2. The fourth-order valence-electron chi connectivity index (χ4n) is 5.08. The summed E-state index contributed by atoms with van der Waals surface area (Å²) in [6, 6.07) is 16.8. The van der Waals surface area contributed by atoms with E-state index >= 15 is 0 Å². The fourth-order valence-corrected chi connectivity index (χ4v) is 5.59. The maximum absolute atomic E-state index is 13.8. The van der Waals surface area contributed by atoms with Gasteiger partial charge in [-0.2, -0.15) is 0 Å². The van der Waals surface area contributed by atoms with Crippen molar-refractivity contribution in [1.29, 1.82) is 0 Å². The van der Waals surface area contributed by atoms with Gasteiger partial charge < -0.3 is 29.8 Å². The largest absolute Gasteiger partial charge is 0.448 e. The number of oxazole rings is 1. The lowest BCUT2D eigenvalue weighted by Gasteiger charge is -2.32. The van der Waals surface area contributed by atoms with Gasteiger partial charge in [-0.15, -0.1) is 11.3 Å². The molecule has 4 N–H and O–H groups in total. The number of alkyl carbamates (subject to hydrolysis) is 1. The lowest BCUT2D eigenvalue weighted by molar-refractivity contribution is -0.130. The second-order valence-electron chi connectivity index (χ2n) is 12.8. The Labute approximate surface area is 297 Å². The van der Waals surface area contributed by atoms with E-state index in [9.17, 15) is 19.5 Å². The molecule has 2 aromatic heterocycles. The molecule has 0 saturated carbocycles. The molecule has 2 aromatic carbocycles. The van der Waals surface area contributed by atoms with Gasteiger partial charge in [-0.3, -0.25) is 15.2 Å². The van der Waals surface area contributed by atoms with Crippen LogP contribution in [0.15, 0.2) is 83.1 Å². The molecular weight excluding hydrogens is 659 g/mol. The van der Waals surface area contributed by atoms with Crippen molar-refractivity contribution >= 4 is 29.4 Å². The number of carbonyl (C=O) groups is 3. The van der Waals surface area contributed by atoms with Crippen LogP contribution in [0.1, 0.15) is 61.2 Å². The monoisotopic (exact) mass is 705 g/mol. The second-order valence-corrected chi connectivity index (χ2v) is 13.7. The zero-order chi connectivity index (χ0) is 36.0. The standard InChI is InChI=1S/C36H47N7O6S/c1-24(2)32(40-35(46)42(5)19-28-21-48-34(38-28)25(3)4)33(45)41-43(18-27-14-10-7-11-15-27)20-31(44)30(16-26-12-8-6-9-13-26)39-36(47)49-22-29-17-37-23-50-29/h6-15,17,21,23-25,30-32,44H,16,18-20,22H2,1-5H3,(H,39,47)(H,40,46)(H,41,45)/t30-,31-,32+/m0/s1. The predicted molar refractivity (Wildman–Crippen MR) is 190 cm³/mol. The number of carbonyl (C=O) groups excluding carboxylic acids is 3. The lowest BCUT2D eigenvalue weighted by Crippen LogP contribution is -2.58. The van der Waals surface area contributed by atoms with Crippen LogP contribution in [0.25, 0.3) is 0 Å². The number of thiazole rings is 1. The van der Waals surface area contributed by atoms with E-state index in [-0.39, 0.29) is 38.1 Å². The van der Waals surface area contributed by atoms with E-state index in [1.807, 2.05) is 88.4 Å². The van der Waals surface area contributed by atoms with Crippen molar-refractivity contribution in [1.82, 2.24) is 35.9 Å². The van der Waals surface area contributed by atoms with E-state index in [2.05, 4.69) is 26.0 Å². The molecule has 268 valence electrons. The van der Waals surface area contributed by atoms with E-state index in [0.717, 1.165) is 16.0 Å². The first-order chi connectivity index (χ1) is 24.0. The van der Waals surface area contributed by atoms with Gasteiger partial charge in [0.05, 0.1) is 34.8 Å². The maximum atomic E-state index is 13.8. The van der Waals surface area contributed by atoms with Gasteiger partial charge in [0.15, 0.2) is 5.89 Å². The quantitative estimate of drug-likeness (QED) is 0.113. The molecule has 0 saturated heterocycles. The van der Waals surface area contributed by atoms with Gasteiger partial charge in [0.25, 0.3) is 5.91 Å². The van der Waals surface area contributed by atoms with Crippen LogP contribution >= 0.6 is 11.3 Å². The van der Waals surface area contributed by atoms with Crippen LogP contribution in [0.5, 0.6) is 0 Å². The van der Waals surface area contributed by atoms with E-state index in [1.54, 1.807) is 23.8 Å². The van der Waals surface area contributed by atoms with Gasteiger partial charge in [0, 0.05) is 32.3 Å². The number of nitrogens with zero attached hydrogens (tertiary/aromatic N) is 4. The molecule has 0 aliphatic carbocycles. The van der Waals surface area contributed by atoms with Crippen LogP contribution in [-0.4, -0.2) is 74.8 Å². The third kappa shape index (κ3) is 12.0. The number of aliphatic hydroxyl groups excluding tert-OH is 1. The molecule has 0 fully saturated rings. The number of amides is 4. The van der Waals surface area contributed by atoms with Gasteiger partial charge in [0.2, 0.25) is 0 Å². The zero-order valence-corrected chi connectivity index (χ0v) is 29.9. The van der Waals surface area contributed by atoms with Crippen molar-refractivity contribution in [2.24, 2.45) is 5.92 Å². The zero-order valence-electron chi connectivity index (χ0n) is 29.1. The number of hydrazine groups is 1. The third-order valence-corrected chi connectivity index (χ3v) is 8.58. The fraction of sp³-hybridized carbons (Fsp3) is 0.417. The average Bonchev–Trinajstić information content (AvgIpc) is 3.79. The van der Waals surface area contributed by atoms with Crippen LogP contribution in [0.3, 0.4) is 0 Å². The number of hydrogen-bond donors (Lipinski definition) is 4. The van der Waals surface area contributed by atoms with Gasteiger partial charge in [0.1, 0.15) is 18.9 Å². The summed E-state index contributed by atoms with van der Waals surface area (Å²) >= 11 is 1.37. The minimum atomic E-state index is -1.13. The number of nitrogens with one attached hydrogen (secondary N) is 3. The Morgan fingerprint density at radius 1 is 0.960 bits per heavy atom. The molecule has 14 heteroatoms. The number of aromatic nitrogens is 2. The highest BCUT2D eigenvalue weighted by Gasteiger charge is 2.30. The van der Waals surface area contributed by atoms with Crippen molar-refractivity contribution in [3.8, 4) is 0 Å². The highest BCUT2D eigenvalue weighted by molar-refractivity contribution is 7.09. The Kier molecular flexibility index (Phi) is 14.3. The molecule has 2 heterocycles. The van der Waals surface area contributed by atoms with E-state index in [0.29, 0.717) is 18.0 Å². The first kappa shape index (κ1) is 38.0. The van der Waals surface area contributed by atoms with Gasteiger partial charge >= 0.3 is 12.1 Å². The molecule has 0 aliphatic heterocycles. The van der Waals surface area contributed by atoms with E-state index < -0.39 is 36.2 Å². The minimum Gasteiger partial charge on any atom is -0.448 e. The summed E-state index contributed by atoms with van der Waals surface area (Å²) in [6.07, 6.45) is 1.65. The summed E-state index contributed by atoms with van der Waals surface area (Å²) in [5, 5.41) is 18.9. The first-order valence-corrected chi connectivity index (χ1v) is 17.4.